The van der Waals surface area contributed by atoms with E-state index in [0.29, 0.717) is 0 Å². The molecule has 0 aromatic heterocycles. The fraction of sp³-hybridized carbons (Fsp3) is 0.379. The highest BCUT2D eigenvalue weighted by molar-refractivity contribution is 7.85. The van der Waals surface area contributed by atoms with Crippen LogP contribution < -0.4 is 0 Å². The Balaban J connectivity index is 0.000000771. The predicted octanol–water partition coefficient (Wildman–Crippen LogP) is 8.73. The average Bonchev–Trinajstić information content (AvgIpc) is 2.78. The van der Waals surface area contributed by atoms with Crippen LogP contribution in [0.5, 0.6) is 0 Å². The summed E-state index contributed by atoms with van der Waals surface area (Å²) in [7, 11) is -4.02. The van der Waals surface area contributed by atoms with Gasteiger partial charge in [-0.1, -0.05) is 111 Å². The van der Waals surface area contributed by atoms with Gasteiger partial charge < -0.3 is 0 Å². The van der Waals surface area contributed by atoms with Crippen LogP contribution in [-0.2, 0) is 10.1 Å². The Kier molecular flexibility index (Phi) is 19.8. The van der Waals surface area contributed by atoms with E-state index in [9.17, 15) is 8.42 Å². The summed E-state index contributed by atoms with van der Waals surface area (Å²) in [6.07, 6.45) is 35.6. The first-order chi connectivity index (χ1) is 15.9. The van der Waals surface area contributed by atoms with E-state index >= 15 is 0 Å². The van der Waals surface area contributed by atoms with Crippen molar-refractivity contribution < 1.29 is 13.0 Å². The highest BCUT2D eigenvalue weighted by Crippen LogP contribution is 2.08. The molecule has 1 aromatic carbocycles. The molecular formula is C29H42O3S. The van der Waals surface area contributed by atoms with Crippen LogP contribution in [0.15, 0.2) is 102 Å². The second kappa shape index (κ2) is 21.4. The van der Waals surface area contributed by atoms with E-state index < -0.39 is 10.1 Å². The van der Waals surface area contributed by atoms with E-state index in [4.69, 9.17) is 4.55 Å². The molecule has 0 spiro atoms. The van der Waals surface area contributed by atoms with Crippen LogP contribution in [0.4, 0.5) is 0 Å². The maximum atomic E-state index is 10.5. The predicted molar refractivity (Wildman–Crippen MR) is 144 cm³/mol. The van der Waals surface area contributed by atoms with Gasteiger partial charge in [-0.05, 0) is 64.0 Å². The van der Waals surface area contributed by atoms with Gasteiger partial charge in [-0.3, -0.25) is 4.55 Å². The van der Waals surface area contributed by atoms with E-state index in [2.05, 4.69) is 86.8 Å². The van der Waals surface area contributed by atoms with Gasteiger partial charge in [-0.25, -0.2) is 0 Å². The standard InChI is InChI=1S/C22H34.C7H8O3S/c1-3-5-7-9-11-13-15-17-19-21-22-20-18-16-14-12-10-8-6-4-2;1-6-2-4-7(5-3-6)11(8,9)10/h5,7-8,10-11,13-14,16-17,19-20,22H,3-4,6,9,12,15,18,21H2,1-2H3;2-5H,1H3,(H,8,9,10)/b7-5-,10-8-,13-11-,16-14-,19-17-,22-20-;. The van der Waals surface area contributed by atoms with Crippen molar-refractivity contribution in [2.45, 2.75) is 77.0 Å². The van der Waals surface area contributed by atoms with Crippen LogP contribution in [0.25, 0.3) is 0 Å². The lowest BCUT2D eigenvalue weighted by atomic mass is 10.2. The summed E-state index contributed by atoms with van der Waals surface area (Å²) in [5.41, 5.74) is 0.956. The molecule has 0 aliphatic carbocycles. The Hall–Kier alpha value is -2.43. The molecule has 0 heterocycles. The number of allylic oxidation sites excluding steroid dienone is 12. The van der Waals surface area contributed by atoms with Gasteiger partial charge in [0.05, 0.1) is 4.90 Å². The summed E-state index contributed by atoms with van der Waals surface area (Å²) in [4.78, 5) is -0.0666. The van der Waals surface area contributed by atoms with Crippen molar-refractivity contribution in [1.82, 2.24) is 0 Å². The molecule has 0 unspecified atom stereocenters. The molecule has 1 aromatic rings. The third kappa shape index (κ3) is 21.2. The third-order valence-electron chi connectivity index (χ3n) is 4.37. The second-order valence-electron chi connectivity index (χ2n) is 7.49. The number of aryl methyl sites for hydroxylation is 1. The van der Waals surface area contributed by atoms with Gasteiger partial charge in [0.15, 0.2) is 0 Å². The molecule has 0 amide bonds. The van der Waals surface area contributed by atoms with Gasteiger partial charge in [-0.15, -0.1) is 0 Å². The number of benzene rings is 1. The van der Waals surface area contributed by atoms with Crippen LogP contribution in [0.2, 0.25) is 0 Å². The number of hydrogen-bond acceptors (Lipinski definition) is 2. The molecule has 0 bridgehead atoms. The van der Waals surface area contributed by atoms with Gasteiger partial charge >= 0.3 is 0 Å². The average molecular weight is 471 g/mol. The minimum absolute atomic E-state index is 0.0666. The van der Waals surface area contributed by atoms with Crippen molar-refractivity contribution in [3.8, 4) is 0 Å². The summed E-state index contributed by atoms with van der Waals surface area (Å²) >= 11 is 0. The zero-order valence-corrected chi connectivity index (χ0v) is 21.4. The lowest BCUT2D eigenvalue weighted by molar-refractivity contribution is 0.483. The first-order valence-electron chi connectivity index (χ1n) is 11.9. The van der Waals surface area contributed by atoms with Gasteiger partial charge in [-0.2, -0.15) is 8.42 Å². The van der Waals surface area contributed by atoms with Crippen molar-refractivity contribution in [2.75, 3.05) is 0 Å². The molecule has 0 atom stereocenters. The lowest BCUT2D eigenvalue weighted by Crippen LogP contribution is -1.96. The quantitative estimate of drug-likeness (QED) is 0.218. The van der Waals surface area contributed by atoms with E-state index in [0.717, 1.165) is 44.1 Å². The molecule has 1 rings (SSSR count). The van der Waals surface area contributed by atoms with Gasteiger partial charge in [0.2, 0.25) is 0 Å². The van der Waals surface area contributed by atoms with E-state index in [1.165, 1.54) is 25.0 Å². The molecule has 0 saturated carbocycles. The molecule has 0 fully saturated rings. The second-order valence-corrected chi connectivity index (χ2v) is 8.91. The Labute approximate surface area is 202 Å². The van der Waals surface area contributed by atoms with Crippen molar-refractivity contribution in [2.24, 2.45) is 0 Å². The minimum Gasteiger partial charge on any atom is -0.282 e. The molecule has 3 nitrogen and oxygen atoms in total. The normalized spacial score (nSPS) is 12.7. The summed E-state index contributed by atoms with van der Waals surface area (Å²) in [6.45, 7) is 6.21. The van der Waals surface area contributed by atoms with Crippen LogP contribution in [0, 0.1) is 6.92 Å². The Morgan fingerprint density at radius 2 is 1.00 bits per heavy atom. The minimum atomic E-state index is -4.02. The molecule has 182 valence electrons. The fourth-order valence-corrected chi connectivity index (χ4v) is 3.00. The maximum Gasteiger partial charge on any atom is 0.294 e. The smallest absolute Gasteiger partial charge is 0.282 e. The number of unbranched alkanes of at least 4 members (excludes halogenated alkanes) is 1. The van der Waals surface area contributed by atoms with E-state index in [1.807, 2.05) is 6.92 Å². The molecule has 33 heavy (non-hydrogen) atoms. The van der Waals surface area contributed by atoms with Gasteiger partial charge in [0, 0.05) is 0 Å². The third-order valence-corrected chi connectivity index (χ3v) is 5.24. The molecule has 0 radical (unpaired) electrons. The zero-order valence-electron chi connectivity index (χ0n) is 20.6. The summed E-state index contributed by atoms with van der Waals surface area (Å²) < 4.78 is 29.6. The summed E-state index contributed by atoms with van der Waals surface area (Å²) in [6, 6.07) is 5.99. The van der Waals surface area contributed by atoms with Crippen molar-refractivity contribution in [3.63, 3.8) is 0 Å². The van der Waals surface area contributed by atoms with Crippen molar-refractivity contribution >= 4 is 10.1 Å². The van der Waals surface area contributed by atoms with Gasteiger partial charge in [0.25, 0.3) is 10.1 Å². The van der Waals surface area contributed by atoms with Crippen molar-refractivity contribution in [1.29, 1.82) is 0 Å². The SMILES string of the molecule is CC/C=C\C/C=C\C/C=C\C/C=C\C/C=C\C/C=C\CCC.Cc1ccc(S(=O)(=O)O)cc1. The van der Waals surface area contributed by atoms with Crippen LogP contribution in [0.3, 0.4) is 0 Å². The summed E-state index contributed by atoms with van der Waals surface area (Å²) in [5, 5.41) is 0. The molecule has 0 saturated heterocycles. The van der Waals surface area contributed by atoms with Crippen LogP contribution in [0.1, 0.15) is 70.8 Å². The van der Waals surface area contributed by atoms with Crippen molar-refractivity contribution in [3.05, 3.63) is 103 Å². The lowest BCUT2D eigenvalue weighted by Gasteiger charge is -1.95. The summed E-state index contributed by atoms with van der Waals surface area (Å²) in [5.74, 6) is 0. The molecule has 4 heteroatoms. The van der Waals surface area contributed by atoms with Crippen LogP contribution in [-0.4, -0.2) is 13.0 Å². The molecular weight excluding hydrogens is 428 g/mol. The molecule has 0 aliphatic rings. The first kappa shape index (κ1) is 30.6. The first-order valence-corrected chi connectivity index (χ1v) is 13.3. The Bertz CT molecular complexity index is 868. The van der Waals surface area contributed by atoms with Crippen LogP contribution >= 0.6 is 0 Å². The highest BCUT2D eigenvalue weighted by atomic mass is 32.2. The van der Waals surface area contributed by atoms with E-state index in [1.54, 1.807) is 12.1 Å². The highest BCUT2D eigenvalue weighted by Gasteiger charge is 2.06. The fourth-order valence-electron chi connectivity index (χ4n) is 2.52. The van der Waals surface area contributed by atoms with Gasteiger partial charge in [0.1, 0.15) is 0 Å². The molecule has 1 N–H and O–H groups in total. The zero-order chi connectivity index (χ0) is 24.6. The Morgan fingerprint density at radius 3 is 1.33 bits per heavy atom. The number of hydrogen-bond donors (Lipinski definition) is 1. The largest absolute Gasteiger partial charge is 0.294 e. The Morgan fingerprint density at radius 1 is 0.636 bits per heavy atom. The maximum absolute atomic E-state index is 10.5. The number of rotatable bonds is 14. The topological polar surface area (TPSA) is 54.4 Å². The molecule has 0 aliphatic heterocycles. The monoisotopic (exact) mass is 470 g/mol. The van der Waals surface area contributed by atoms with E-state index in [-0.39, 0.29) is 4.90 Å².